The molecule has 0 bridgehead atoms. The zero-order valence-corrected chi connectivity index (χ0v) is 15.2. The lowest BCUT2D eigenvalue weighted by Crippen LogP contribution is -2.53. The Morgan fingerprint density at radius 1 is 1.24 bits per heavy atom. The molecule has 114 valence electrons. The van der Waals surface area contributed by atoms with Gasteiger partial charge in [0.15, 0.2) is 0 Å². The van der Waals surface area contributed by atoms with Gasteiger partial charge in [-0.05, 0) is 69.6 Å². The van der Waals surface area contributed by atoms with Crippen LogP contribution in [-0.2, 0) is 4.79 Å². The fourth-order valence-electron chi connectivity index (χ4n) is 5.72. The summed E-state index contributed by atoms with van der Waals surface area (Å²) >= 11 is 2.57. The highest BCUT2D eigenvalue weighted by Gasteiger charge is 2.57. The van der Waals surface area contributed by atoms with Crippen LogP contribution in [-0.4, -0.2) is 18.0 Å². The van der Waals surface area contributed by atoms with E-state index in [4.69, 9.17) is 4.99 Å². The fourth-order valence-corrected chi connectivity index (χ4v) is 6.64. The van der Waals surface area contributed by atoms with Crippen molar-refractivity contribution in [2.45, 2.75) is 52.4 Å². The van der Waals surface area contributed by atoms with E-state index in [0.717, 1.165) is 37.1 Å². The Bertz CT molecular complexity index is 566. The Morgan fingerprint density at radius 2 is 2.05 bits per heavy atom. The summed E-state index contributed by atoms with van der Waals surface area (Å²) in [6.07, 6.45) is 8.81. The fraction of sp³-hybridized carbons (Fsp3) is 0.778. The summed E-state index contributed by atoms with van der Waals surface area (Å²) in [6, 6.07) is 0. The number of fused-ring (bicyclic) bond motifs is 5. The van der Waals surface area contributed by atoms with Gasteiger partial charge in [0.05, 0.1) is 0 Å². The molecule has 0 N–H and O–H groups in total. The summed E-state index contributed by atoms with van der Waals surface area (Å²) in [5, 5.41) is 0. The van der Waals surface area contributed by atoms with Crippen LogP contribution in [0.4, 0.5) is 0 Å². The molecule has 1 aliphatic heterocycles. The normalized spacial score (nSPS) is 48.9. The van der Waals surface area contributed by atoms with Crippen molar-refractivity contribution in [3.8, 4) is 0 Å². The van der Waals surface area contributed by atoms with Gasteiger partial charge in [-0.15, -0.1) is 0 Å². The molecule has 5 atom stereocenters. The number of rotatable bonds is 0. The van der Waals surface area contributed by atoms with E-state index < -0.39 is 0 Å². The summed E-state index contributed by atoms with van der Waals surface area (Å²) in [7, 11) is 0. The largest absolute Gasteiger partial charge is 0.299 e. The summed E-state index contributed by atoms with van der Waals surface area (Å²) in [5.41, 5.74) is 1.87. The standard InChI is InChI=1S/C18H24INO/c1-17-8-6-14-12(13(17)3-4-15(17)19)10-20-16-9-11(21)5-7-18(14,16)2/h4,12-14H,3,5-10H2,1-2H3/t12-,13+,14+,17+,18-/m1/s1. The number of hydrogen-bond acceptors (Lipinski definition) is 2. The predicted molar refractivity (Wildman–Crippen MR) is 93.8 cm³/mol. The van der Waals surface area contributed by atoms with Crippen molar-refractivity contribution in [3.63, 3.8) is 0 Å². The highest BCUT2D eigenvalue weighted by atomic mass is 127. The molecule has 0 amide bonds. The van der Waals surface area contributed by atoms with Crippen molar-refractivity contribution in [1.82, 2.24) is 0 Å². The van der Waals surface area contributed by atoms with E-state index in [1.807, 2.05) is 0 Å². The average Bonchev–Trinajstić information content (AvgIpc) is 2.76. The summed E-state index contributed by atoms with van der Waals surface area (Å²) in [4.78, 5) is 16.8. The number of hydrogen-bond donors (Lipinski definition) is 0. The number of Topliss-reactive ketones (excluding diaryl/α,β-unsaturated/α-hetero) is 1. The van der Waals surface area contributed by atoms with Gasteiger partial charge in [0.25, 0.3) is 0 Å². The molecule has 4 aliphatic rings. The van der Waals surface area contributed by atoms with E-state index >= 15 is 0 Å². The summed E-state index contributed by atoms with van der Waals surface area (Å²) < 4.78 is 1.59. The Kier molecular flexibility index (Phi) is 3.19. The van der Waals surface area contributed by atoms with Crippen molar-refractivity contribution in [2.75, 3.05) is 6.54 Å². The van der Waals surface area contributed by atoms with Crippen LogP contribution in [0.3, 0.4) is 0 Å². The van der Waals surface area contributed by atoms with Gasteiger partial charge in [-0.2, -0.15) is 0 Å². The van der Waals surface area contributed by atoms with E-state index in [1.54, 1.807) is 3.58 Å². The van der Waals surface area contributed by atoms with Crippen molar-refractivity contribution in [2.24, 2.45) is 33.6 Å². The lowest BCUT2D eigenvalue weighted by atomic mass is 9.50. The Morgan fingerprint density at radius 3 is 2.86 bits per heavy atom. The quantitative estimate of drug-likeness (QED) is 0.551. The SMILES string of the molecule is C[C@]12CCC(=O)CC1=NC[C@H]1[C@@H]2CC[C@]2(C)C(I)=CC[C@@H]12. The molecule has 1 heterocycles. The van der Waals surface area contributed by atoms with Gasteiger partial charge in [-0.3, -0.25) is 9.79 Å². The molecular formula is C18H24INO. The minimum absolute atomic E-state index is 0.214. The van der Waals surface area contributed by atoms with Gasteiger partial charge < -0.3 is 0 Å². The Balaban J connectivity index is 1.70. The third kappa shape index (κ3) is 1.88. The molecule has 4 rings (SSSR count). The molecule has 3 aliphatic carbocycles. The van der Waals surface area contributed by atoms with Crippen molar-refractivity contribution < 1.29 is 4.79 Å². The molecule has 0 saturated heterocycles. The third-order valence-electron chi connectivity index (χ3n) is 7.18. The van der Waals surface area contributed by atoms with Gasteiger partial charge in [-0.25, -0.2) is 0 Å². The van der Waals surface area contributed by atoms with Crippen LogP contribution in [0, 0.1) is 28.6 Å². The first-order valence-corrected chi connectivity index (χ1v) is 9.45. The highest BCUT2D eigenvalue weighted by molar-refractivity contribution is 14.1. The maximum absolute atomic E-state index is 11.8. The minimum Gasteiger partial charge on any atom is -0.299 e. The minimum atomic E-state index is 0.214. The summed E-state index contributed by atoms with van der Waals surface area (Å²) in [6.45, 7) is 5.86. The topological polar surface area (TPSA) is 29.4 Å². The Hall–Kier alpha value is -0.190. The average molecular weight is 397 g/mol. The number of allylic oxidation sites excluding steroid dienone is 2. The predicted octanol–water partition coefficient (Wildman–Crippen LogP) is 4.57. The molecule has 0 unspecified atom stereocenters. The number of aliphatic imine (C=N–C) groups is 1. The van der Waals surface area contributed by atoms with Gasteiger partial charge in [-0.1, -0.05) is 19.9 Å². The molecule has 0 spiro atoms. The van der Waals surface area contributed by atoms with Crippen molar-refractivity contribution in [3.05, 3.63) is 9.66 Å². The molecule has 2 fully saturated rings. The van der Waals surface area contributed by atoms with Crippen LogP contribution in [0.1, 0.15) is 52.4 Å². The van der Waals surface area contributed by atoms with E-state index in [0.29, 0.717) is 17.6 Å². The van der Waals surface area contributed by atoms with Crippen LogP contribution in [0.15, 0.2) is 14.6 Å². The van der Waals surface area contributed by atoms with Gasteiger partial charge in [0.1, 0.15) is 5.78 Å². The first kappa shape index (κ1) is 14.4. The van der Waals surface area contributed by atoms with E-state index in [-0.39, 0.29) is 5.41 Å². The lowest BCUT2D eigenvalue weighted by molar-refractivity contribution is -0.120. The van der Waals surface area contributed by atoms with Gasteiger partial charge >= 0.3 is 0 Å². The number of nitrogens with zero attached hydrogens (tertiary/aromatic N) is 1. The smallest absolute Gasteiger partial charge is 0.138 e. The highest BCUT2D eigenvalue weighted by Crippen LogP contribution is 2.63. The molecular weight excluding hydrogens is 373 g/mol. The molecule has 2 saturated carbocycles. The zero-order chi connectivity index (χ0) is 14.8. The van der Waals surface area contributed by atoms with E-state index in [9.17, 15) is 4.79 Å². The first-order chi connectivity index (χ1) is 9.95. The monoisotopic (exact) mass is 397 g/mol. The second-order valence-electron chi connectivity index (χ2n) is 8.04. The Labute approximate surface area is 141 Å². The van der Waals surface area contributed by atoms with E-state index in [1.165, 1.54) is 25.0 Å². The number of halogens is 1. The number of ketones is 1. The van der Waals surface area contributed by atoms with Crippen molar-refractivity contribution in [1.29, 1.82) is 0 Å². The lowest BCUT2D eigenvalue weighted by Gasteiger charge is -2.56. The molecule has 3 heteroatoms. The molecule has 2 nitrogen and oxygen atoms in total. The molecule has 0 radical (unpaired) electrons. The number of carbonyl (C=O) groups excluding carboxylic acids is 1. The number of carbonyl (C=O) groups is 1. The van der Waals surface area contributed by atoms with Crippen LogP contribution in [0.2, 0.25) is 0 Å². The van der Waals surface area contributed by atoms with E-state index in [2.05, 4.69) is 42.5 Å². The molecule has 21 heavy (non-hydrogen) atoms. The van der Waals surface area contributed by atoms with Crippen LogP contribution < -0.4 is 0 Å². The second kappa shape index (κ2) is 4.65. The molecule has 0 aromatic rings. The van der Waals surface area contributed by atoms with Crippen LogP contribution >= 0.6 is 22.6 Å². The maximum Gasteiger partial charge on any atom is 0.138 e. The van der Waals surface area contributed by atoms with Gasteiger partial charge in [0, 0.05) is 35.9 Å². The van der Waals surface area contributed by atoms with Gasteiger partial charge in [0.2, 0.25) is 0 Å². The molecule has 0 aromatic carbocycles. The van der Waals surface area contributed by atoms with Crippen LogP contribution in [0.5, 0.6) is 0 Å². The third-order valence-corrected chi connectivity index (χ3v) is 8.85. The molecule has 0 aromatic heterocycles. The van der Waals surface area contributed by atoms with Crippen molar-refractivity contribution >= 4 is 34.1 Å². The summed E-state index contributed by atoms with van der Waals surface area (Å²) in [5.74, 6) is 2.67. The maximum atomic E-state index is 11.8. The first-order valence-electron chi connectivity index (χ1n) is 8.37. The second-order valence-corrected chi connectivity index (χ2v) is 9.20. The zero-order valence-electron chi connectivity index (χ0n) is 13.0. The van der Waals surface area contributed by atoms with Crippen LogP contribution in [0.25, 0.3) is 0 Å².